The zero-order valence-electron chi connectivity index (χ0n) is 11.0. The average molecular weight is 360 g/mol. The Balaban J connectivity index is 0. The summed E-state index contributed by atoms with van der Waals surface area (Å²) < 4.78 is 5.17. The maximum absolute atomic E-state index is 11.9. The number of halogens is 3. The van der Waals surface area contributed by atoms with E-state index < -0.39 is 5.91 Å². The molecule has 3 N–H and O–H groups in total. The predicted molar refractivity (Wildman–Crippen MR) is 84.4 cm³/mol. The lowest BCUT2D eigenvalue weighted by Gasteiger charge is -2.26. The van der Waals surface area contributed by atoms with E-state index in [1.165, 1.54) is 18.3 Å². The molecule has 0 unspecified atom stereocenters. The Kier molecular flexibility index (Phi) is 11.2. The molecule has 21 heavy (non-hydrogen) atoms. The van der Waals surface area contributed by atoms with E-state index in [4.69, 9.17) is 10.5 Å². The number of aromatic nitrogens is 1. The summed E-state index contributed by atoms with van der Waals surface area (Å²) >= 11 is 0. The highest BCUT2D eigenvalue weighted by atomic mass is 35.5. The molecule has 0 aliphatic carbocycles. The third-order valence-electron chi connectivity index (χ3n) is 2.55. The van der Waals surface area contributed by atoms with E-state index >= 15 is 0 Å². The summed E-state index contributed by atoms with van der Waals surface area (Å²) in [5.41, 5.74) is 8.27. The number of morpholine rings is 1. The number of hydrogen-bond donors (Lipinski definition) is 2. The number of ether oxygens (including phenoxy) is 1. The van der Waals surface area contributed by atoms with Gasteiger partial charge < -0.3 is 10.5 Å². The van der Waals surface area contributed by atoms with Crippen molar-refractivity contribution in [2.24, 2.45) is 5.73 Å². The van der Waals surface area contributed by atoms with Crippen molar-refractivity contribution in [1.29, 1.82) is 0 Å². The number of hydrazine groups is 1. The third-order valence-corrected chi connectivity index (χ3v) is 2.55. The predicted octanol–water partition coefficient (Wildman–Crippen LogP) is 0.423. The fourth-order valence-electron chi connectivity index (χ4n) is 1.58. The second-order valence-corrected chi connectivity index (χ2v) is 3.83. The van der Waals surface area contributed by atoms with Gasteiger partial charge in [-0.05, 0) is 12.1 Å². The van der Waals surface area contributed by atoms with Crippen LogP contribution in [-0.2, 0) is 4.74 Å². The largest absolute Gasteiger partial charge is 0.379 e. The van der Waals surface area contributed by atoms with Crippen LogP contribution >= 0.6 is 37.2 Å². The van der Waals surface area contributed by atoms with Crippen molar-refractivity contribution in [3.05, 3.63) is 29.6 Å². The Morgan fingerprint density at radius 1 is 1.24 bits per heavy atom. The van der Waals surface area contributed by atoms with Gasteiger partial charge in [0, 0.05) is 24.8 Å². The molecule has 1 aromatic rings. The maximum Gasteiger partial charge on any atom is 0.284 e. The summed E-state index contributed by atoms with van der Waals surface area (Å²) in [5.74, 6) is -0.946. The lowest BCUT2D eigenvalue weighted by Crippen LogP contribution is -2.48. The van der Waals surface area contributed by atoms with E-state index in [1.807, 2.05) is 0 Å². The van der Waals surface area contributed by atoms with Crippen molar-refractivity contribution in [2.45, 2.75) is 0 Å². The molecule has 1 fully saturated rings. The van der Waals surface area contributed by atoms with E-state index in [1.54, 1.807) is 5.01 Å². The molecule has 0 saturated carbocycles. The highest BCUT2D eigenvalue weighted by Crippen LogP contribution is 2.02. The van der Waals surface area contributed by atoms with Crippen molar-refractivity contribution in [3.8, 4) is 0 Å². The van der Waals surface area contributed by atoms with E-state index in [9.17, 15) is 9.59 Å². The van der Waals surface area contributed by atoms with Gasteiger partial charge in [0.25, 0.3) is 5.91 Å². The van der Waals surface area contributed by atoms with Crippen LogP contribution in [0.25, 0.3) is 0 Å². The summed E-state index contributed by atoms with van der Waals surface area (Å²) in [6.45, 7) is 2.41. The smallest absolute Gasteiger partial charge is 0.284 e. The fraction of sp³-hybridized carbons (Fsp3) is 0.364. The van der Waals surface area contributed by atoms with Crippen LogP contribution in [0.15, 0.2) is 18.3 Å². The van der Waals surface area contributed by atoms with Crippen LogP contribution in [0, 0.1) is 0 Å². The number of amides is 2. The van der Waals surface area contributed by atoms with E-state index in [0.29, 0.717) is 26.3 Å². The van der Waals surface area contributed by atoms with Crippen molar-refractivity contribution in [3.63, 3.8) is 0 Å². The number of rotatable bonds is 3. The standard InChI is InChI=1S/C11H14N4O3.3ClH/c12-10(16)8-1-2-13-9(7-8)11(17)14-15-3-5-18-6-4-15;;;/h1-2,7H,3-6H2,(H2,12,16)(H,14,17);3*1H. The zero-order chi connectivity index (χ0) is 13.0. The Morgan fingerprint density at radius 3 is 2.43 bits per heavy atom. The molecule has 7 nitrogen and oxygen atoms in total. The van der Waals surface area contributed by atoms with Gasteiger partial charge in [-0.2, -0.15) is 0 Å². The molecule has 1 aliphatic heterocycles. The molecule has 2 amide bonds. The summed E-state index contributed by atoms with van der Waals surface area (Å²) in [6, 6.07) is 2.84. The van der Waals surface area contributed by atoms with Gasteiger partial charge in [-0.25, -0.2) is 5.01 Å². The second-order valence-electron chi connectivity index (χ2n) is 3.83. The molecule has 2 heterocycles. The maximum atomic E-state index is 11.9. The summed E-state index contributed by atoms with van der Waals surface area (Å²) in [5, 5.41) is 1.75. The minimum absolute atomic E-state index is 0. The van der Waals surface area contributed by atoms with Crippen LogP contribution in [0.2, 0.25) is 0 Å². The molecule has 0 radical (unpaired) electrons. The molecule has 1 saturated heterocycles. The SMILES string of the molecule is Cl.Cl.Cl.NC(=O)c1ccnc(C(=O)NN2CCOCC2)c1. The van der Waals surface area contributed by atoms with E-state index in [0.717, 1.165) is 0 Å². The molecule has 120 valence electrons. The molecule has 0 spiro atoms. The summed E-state index contributed by atoms with van der Waals surface area (Å²) in [7, 11) is 0. The third kappa shape index (κ3) is 6.45. The first-order chi connectivity index (χ1) is 8.66. The van der Waals surface area contributed by atoms with Gasteiger partial charge in [-0.3, -0.25) is 20.0 Å². The number of nitrogens with two attached hydrogens (primary N) is 1. The van der Waals surface area contributed by atoms with Gasteiger partial charge in [0.05, 0.1) is 13.2 Å². The van der Waals surface area contributed by atoms with E-state index in [-0.39, 0.29) is 54.4 Å². The average Bonchev–Trinajstić information content (AvgIpc) is 2.40. The highest BCUT2D eigenvalue weighted by Gasteiger charge is 2.15. The molecule has 2 rings (SSSR count). The molecule has 10 heteroatoms. The quantitative estimate of drug-likeness (QED) is 0.815. The van der Waals surface area contributed by atoms with Gasteiger partial charge in [0.2, 0.25) is 5.91 Å². The zero-order valence-corrected chi connectivity index (χ0v) is 13.4. The van der Waals surface area contributed by atoms with Crippen LogP contribution in [0.4, 0.5) is 0 Å². The molecule has 0 bridgehead atoms. The number of carbonyl (C=O) groups excluding carboxylic acids is 2. The first-order valence-electron chi connectivity index (χ1n) is 5.56. The Hall–Kier alpha value is -1.12. The van der Waals surface area contributed by atoms with Gasteiger partial charge in [-0.1, -0.05) is 0 Å². The summed E-state index contributed by atoms with van der Waals surface area (Å²) in [4.78, 5) is 26.8. The van der Waals surface area contributed by atoms with Crippen molar-refractivity contribution in [2.75, 3.05) is 26.3 Å². The fourth-order valence-corrected chi connectivity index (χ4v) is 1.58. The second kappa shape index (κ2) is 10.6. The number of hydrogen-bond acceptors (Lipinski definition) is 5. The number of nitrogens with one attached hydrogen (secondary N) is 1. The highest BCUT2D eigenvalue weighted by molar-refractivity contribution is 5.97. The Bertz CT molecular complexity index is 470. The van der Waals surface area contributed by atoms with Crippen LogP contribution in [-0.4, -0.2) is 48.1 Å². The number of primary amides is 1. The van der Waals surface area contributed by atoms with Crippen molar-refractivity contribution in [1.82, 2.24) is 15.4 Å². The van der Waals surface area contributed by atoms with Crippen LogP contribution in [0.1, 0.15) is 20.8 Å². The first kappa shape index (κ1) is 22.2. The topological polar surface area (TPSA) is 97.6 Å². The normalized spacial score (nSPS) is 13.9. The minimum atomic E-state index is -0.585. The van der Waals surface area contributed by atoms with Gasteiger partial charge in [-0.15, -0.1) is 37.2 Å². The van der Waals surface area contributed by atoms with Gasteiger partial charge >= 0.3 is 0 Å². The molecule has 0 aromatic carbocycles. The minimum Gasteiger partial charge on any atom is -0.379 e. The molecule has 1 aromatic heterocycles. The lowest BCUT2D eigenvalue weighted by molar-refractivity contribution is 0.0124. The van der Waals surface area contributed by atoms with Crippen LogP contribution in [0.3, 0.4) is 0 Å². The van der Waals surface area contributed by atoms with Gasteiger partial charge in [0.15, 0.2) is 0 Å². The first-order valence-corrected chi connectivity index (χ1v) is 5.56. The monoisotopic (exact) mass is 358 g/mol. The van der Waals surface area contributed by atoms with Crippen molar-refractivity contribution >= 4 is 49.0 Å². The Morgan fingerprint density at radius 2 is 1.86 bits per heavy atom. The molecule has 1 aliphatic rings. The lowest BCUT2D eigenvalue weighted by atomic mass is 10.2. The number of nitrogens with zero attached hydrogens (tertiary/aromatic N) is 2. The molecular formula is C11H17Cl3N4O3. The van der Waals surface area contributed by atoms with Crippen LogP contribution in [0.5, 0.6) is 0 Å². The molecule has 0 atom stereocenters. The van der Waals surface area contributed by atoms with Crippen LogP contribution < -0.4 is 11.2 Å². The van der Waals surface area contributed by atoms with Gasteiger partial charge in [0.1, 0.15) is 5.69 Å². The van der Waals surface area contributed by atoms with E-state index in [2.05, 4.69) is 10.4 Å². The molecular weight excluding hydrogens is 343 g/mol. The van der Waals surface area contributed by atoms with Crippen molar-refractivity contribution < 1.29 is 14.3 Å². The number of carbonyl (C=O) groups is 2. The number of pyridine rings is 1. The Labute approximate surface area is 140 Å². The summed E-state index contributed by atoms with van der Waals surface area (Å²) in [6.07, 6.45) is 1.38.